The number of aryl methyl sites for hydroxylation is 1. The number of nitrogens with zero attached hydrogens (tertiary/aromatic N) is 8. The van der Waals surface area contributed by atoms with Crippen LogP contribution in [0.25, 0.3) is 11.4 Å². The lowest BCUT2D eigenvalue weighted by Gasteiger charge is -2.32. The van der Waals surface area contributed by atoms with Crippen molar-refractivity contribution in [3.05, 3.63) is 82.8 Å². The SMILES string of the molecule is Cn1nc([C@H]2CCCN(C(=O)c3cccc(-n4cnnn4)c3)C2)n(-c2ccccc2)c1=O. The zero-order valence-electron chi connectivity index (χ0n) is 17.6. The van der Waals surface area contributed by atoms with Crippen molar-refractivity contribution in [1.29, 1.82) is 0 Å². The van der Waals surface area contributed by atoms with Crippen LogP contribution in [0.3, 0.4) is 0 Å². The zero-order chi connectivity index (χ0) is 22.1. The number of carbonyl (C=O) groups is 1. The van der Waals surface area contributed by atoms with Gasteiger partial charge in [0.1, 0.15) is 12.2 Å². The molecule has 0 unspecified atom stereocenters. The van der Waals surface area contributed by atoms with Crippen LogP contribution < -0.4 is 5.69 Å². The molecule has 3 heterocycles. The lowest BCUT2D eigenvalue weighted by molar-refractivity contribution is 0.0703. The number of para-hydroxylation sites is 1. The highest BCUT2D eigenvalue weighted by Crippen LogP contribution is 2.27. The molecule has 5 rings (SSSR count). The Kier molecular flexibility index (Phi) is 5.10. The Morgan fingerprint density at radius 3 is 2.66 bits per heavy atom. The number of benzene rings is 2. The van der Waals surface area contributed by atoms with Gasteiger partial charge in [-0.15, -0.1) is 5.10 Å². The summed E-state index contributed by atoms with van der Waals surface area (Å²) in [4.78, 5) is 27.9. The predicted octanol–water partition coefficient (Wildman–Crippen LogP) is 1.57. The summed E-state index contributed by atoms with van der Waals surface area (Å²) in [5.74, 6) is 0.585. The van der Waals surface area contributed by atoms with Gasteiger partial charge in [-0.1, -0.05) is 24.3 Å². The zero-order valence-corrected chi connectivity index (χ0v) is 17.6. The molecule has 32 heavy (non-hydrogen) atoms. The van der Waals surface area contributed by atoms with Gasteiger partial charge in [0, 0.05) is 31.6 Å². The number of piperidine rings is 1. The Morgan fingerprint density at radius 1 is 1.06 bits per heavy atom. The van der Waals surface area contributed by atoms with Crippen LogP contribution in [0, 0.1) is 0 Å². The Bertz CT molecular complexity index is 1290. The van der Waals surface area contributed by atoms with Gasteiger partial charge in [-0.3, -0.25) is 4.79 Å². The average Bonchev–Trinajstić information content (AvgIpc) is 3.48. The van der Waals surface area contributed by atoms with Crippen molar-refractivity contribution in [2.45, 2.75) is 18.8 Å². The van der Waals surface area contributed by atoms with Crippen LogP contribution >= 0.6 is 0 Å². The summed E-state index contributed by atoms with van der Waals surface area (Å²) in [7, 11) is 1.65. The highest BCUT2D eigenvalue weighted by Gasteiger charge is 2.30. The number of likely N-dealkylation sites (tertiary alicyclic amines) is 1. The van der Waals surface area contributed by atoms with Crippen molar-refractivity contribution in [2.24, 2.45) is 7.05 Å². The van der Waals surface area contributed by atoms with Crippen LogP contribution in [0.2, 0.25) is 0 Å². The van der Waals surface area contributed by atoms with Crippen molar-refractivity contribution in [1.82, 2.24) is 39.5 Å². The fraction of sp³-hybridized carbons (Fsp3) is 0.273. The smallest absolute Gasteiger partial charge is 0.338 e. The number of rotatable bonds is 4. The van der Waals surface area contributed by atoms with Gasteiger partial charge in [-0.2, -0.15) is 5.10 Å². The molecule has 10 nitrogen and oxygen atoms in total. The fourth-order valence-corrected chi connectivity index (χ4v) is 4.18. The fourth-order valence-electron chi connectivity index (χ4n) is 4.18. The number of amides is 1. The van der Waals surface area contributed by atoms with E-state index in [1.54, 1.807) is 23.7 Å². The third-order valence-electron chi connectivity index (χ3n) is 5.74. The lowest BCUT2D eigenvalue weighted by atomic mass is 9.96. The Morgan fingerprint density at radius 2 is 1.88 bits per heavy atom. The maximum atomic E-state index is 13.3. The minimum absolute atomic E-state index is 0.0375. The summed E-state index contributed by atoms with van der Waals surface area (Å²) < 4.78 is 4.53. The van der Waals surface area contributed by atoms with Gasteiger partial charge in [0.15, 0.2) is 0 Å². The van der Waals surface area contributed by atoms with E-state index in [0.717, 1.165) is 24.2 Å². The summed E-state index contributed by atoms with van der Waals surface area (Å²) in [5, 5.41) is 15.7. The number of hydrogen-bond donors (Lipinski definition) is 0. The molecule has 2 aromatic heterocycles. The van der Waals surface area contributed by atoms with E-state index in [0.29, 0.717) is 24.5 Å². The van der Waals surface area contributed by atoms with Crippen LogP contribution in [-0.2, 0) is 7.05 Å². The number of aromatic nitrogens is 7. The van der Waals surface area contributed by atoms with E-state index in [-0.39, 0.29) is 17.5 Å². The van der Waals surface area contributed by atoms with Crippen LogP contribution in [0.1, 0.15) is 34.9 Å². The minimum Gasteiger partial charge on any atom is -0.338 e. The van der Waals surface area contributed by atoms with E-state index in [1.165, 1.54) is 15.7 Å². The maximum absolute atomic E-state index is 13.3. The van der Waals surface area contributed by atoms with Crippen LogP contribution in [0.5, 0.6) is 0 Å². The summed E-state index contributed by atoms with van der Waals surface area (Å²) in [6.45, 7) is 1.16. The standard InChI is InChI=1S/C22H22N8O2/c1-27-22(32)30(18-9-3-2-4-10-18)20(24-27)17-8-6-12-28(14-17)21(31)16-7-5-11-19(13-16)29-15-23-25-26-29/h2-5,7,9-11,13,15,17H,6,8,12,14H2,1H3/t17-/m0/s1. The summed E-state index contributed by atoms with van der Waals surface area (Å²) in [6, 6.07) is 16.7. The minimum atomic E-state index is -0.191. The number of tetrazole rings is 1. The molecule has 1 atom stereocenters. The molecule has 0 N–H and O–H groups in total. The van der Waals surface area contributed by atoms with Gasteiger partial charge in [0.25, 0.3) is 5.91 Å². The first kappa shape index (κ1) is 19.9. The van der Waals surface area contributed by atoms with Crippen molar-refractivity contribution >= 4 is 5.91 Å². The first-order valence-electron chi connectivity index (χ1n) is 10.5. The number of carbonyl (C=O) groups excluding carboxylic acids is 1. The molecule has 0 bridgehead atoms. The summed E-state index contributed by atoms with van der Waals surface area (Å²) in [5.41, 5.74) is 1.87. The molecule has 1 aliphatic heterocycles. The molecule has 0 spiro atoms. The predicted molar refractivity (Wildman–Crippen MR) is 116 cm³/mol. The molecule has 0 saturated carbocycles. The largest absolute Gasteiger partial charge is 0.350 e. The molecule has 0 aliphatic carbocycles. The molecular weight excluding hydrogens is 408 g/mol. The van der Waals surface area contributed by atoms with Crippen molar-refractivity contribution in [3.63, 3.8) is 0 Å². The topological polar surface area (TPSA) is 104 Å². The third kappa shape index (κ3) is 3.59. The van der Waals surface area contributed by atoms with E-state index < -0.39 is 0 Å². The maximum Gasteiger partial charge on any atom is 0.350 e. The second-order valence-corrected chi connectivity index (χ2v) is 7.83. The first-order chi connectivity index (χ1) is 15.6. The van der Waals surface area contributed by atoms with Crippen LogP contribution in [0.4, 0.5) is 0 Å². The molecule has 1 aliphatic rings. The Labute approximate surface area is 183 Å². The second kappa shape index (κ2) is 8.22. The Hall–Kier alpha value is -4.08. The van der Waals surface area contributed by atoms with Crippen molar-refractivity contribution < 1.29 is 4.79 Å². The van der Waals surface area contributed by atoms with E-state index in [9.17, 15) is 9.59 Å². The molecule has 0 radical (unpaired) electrons. The summed E-state index contributed by atoms with van der Waals surface area (Å²) in [6.07, 6.45) is 3.19. The van der Waals surface area contributed by atoms with Crippen molar-refractivity contribution in [3.8, 4) is 11.4 Å². The lowest BCUT2D eigenvalue weighted by Crippen LogP contribution is -2.40. The highest BCUT2D eigenvalue weighted by molar-refractivity contribution is 5.94. The highest BCUT2D eigenvalue weighted by atomic mass is 16.2. The monoisotopic (exact) mass is 430 g/mol. The van der Waals surface area contributed by atoms with E-state index in [4.69, 9.17) is 0 Å². The molecule has 10 heteroatoms. The quantitative estimate of drug-likeness (QED) is 0.487. The van der Waals surface area contributed by atoms with Gasteiger partial charge < -0.3 is 4.90 Å². The van der Waals surface area contributed by atoms with E-state index in [1.807, 2.05) is 47.4 Å². The van der Waals surface area contributed by atoms with E-state index >= 15 is 0 Å². The molecule has 162 valence electrons. The second-order valence-electron chi connectivity index (χ2n) is 7.83. The molecule has 2 aromatic carbocycles. The molecule has 1 fully saturated rings. The van der Waals surface area contributed by atoms with Gasteiger partial charge >= 0.3 is 5.69 Å². The molecular formula is C22H22N8O2. The third-order valence-corrected chi connectivity index (χ3v) is 5.74. The van der Waals surface area contributed by atoms with Gasteiger partial charge in [0.05, 0.1) is 11.4 Å². The van der Waals surface area contributed by atoms with Gasteiger partial charge in [0.2, 0.25) is 0 Å². The van der Waals surface area contributed by atoms with Gasteiger partial charge in [-0.25, -0.2) is 18.7 Å². The molecule has 1 amide bonds. The van der Waals surface area contributed by atoms with E-state index in [2.05, 4.69) is 20.6 Å². The van der Waals surface area contributed by atoms with Crippen LogP contribution in [0.15, 0.2) is 65.7 Å². The first-order valence-corrected chi connectivity index (χ1v) is 10.5. The van der Waals surface area contributed by atoms with Gasteiger partial charge in [-0.05, 0) is 53.6 Å². The molecule has 1 saturated heterocycles. The average molecular weight is 430 g/mol. The number of hydrogen-bond acceptors (Lipinski definition) is 6. The molecule has 4 aromatic rings. The Balaban J connectivity index is 1.43. The van der Waals surface area contributed by atoms with Crippen molar-refractivity contribution in [2.75, 3.05) is 13.1 Å². The summed E-state index contributed by atoms with van der Waals surface area (Å²) >= 11 is 0. The normalized spacial score (nSPS) is 16.3. The van der Waals surface area contributed by atoms with Crippen LogP contribution in [-0.4, -0.2) is 58.5 Å².